The van der Waals surface area contributed by atoms with Gasteiger partial charge >= 0.3 is 6.03 Å². The normalized spacial score (nSPS) is 16.4. The highest BCUT2D eigenvalue weighted by Gasteiger charge is 2.21. The van der Waals surface area contributed by atoms with Gasteiger partial charge in [-0.05, 0) is 31.9 Å². The third-order valence-electron chi connectivity index (χ3n) is 3.47. The molecular formula is C15H21N3O2. The highest BCUT2D eigenvalue weighted by Crippen LogP contribution is 2.17. The number of carbonyl (C=O) groups is 2. The number of para-hydroxylation sites is 1. The van der Waals surface area contributed by atoms with Gasteiger partial charge in [-0.3, -0.25) is 4.79 Å². The van der Waals surface area contributed by atoms with Crippen LogP contribution >= 0.6 is 0 Å². The van der Waals surface area contributed by atoms with E-state index in [4.69, 9.17) is 0 Å². The summed E-state index contributed by atoms with van der Waals surface area (Å²) in [5, 5.41) is 8.30. The molecule has 1 aliphatic rings. The second-order valence-electron chi connectivity index (χ2n) is 5.18. The first-order chi connectivity index (χ1) is 9.65. The Labute approximate surface area is 119 Å². The van der Waals surface area contributed by atoms with Gasteiger partial charge in [0.1, 0.15) is 6.04 Å². The Morgan fingerprint density at radius 1 is 1.15 bits per heavy atom. The Hall–Kier alpha value is -2.04. The van der Waals surface area contributed by atoms with Crippen molar-refractivity contribution in [2.75, 3.05) is 5.32 Å². The van der Waals surface area contributed by atoms with E-state index in [1.54, 1.807) is 19.1 Å². The molecule has 0 aliphatic heterocycles. The van der Waals surface area contributed by atoms with Crippen LogP contribution in [0.1, 0.15) is 32.6 Å². The minimum absolute atomic E-state index is 0.125. The number of nitrogens with one attached hydrogen (secondary N) is 3. The van der Waals surface area contributed by atoms with Crippen LogP contribution in [0.3, 0.4) is 0 Å². The summed E-state index contributed by atoms with van der Waals surface area (Å²) in [7, 11) is 0. The van der Waals surface area contributed by atoms with Crippen molar-refractivity contribution < 1.29 is 9.59 Å². The van der Waals surface area contributed by atoms with Crippen LogP contribution in [-0.2, 0) is 4.79 Å². The molecule has 5 nitrogen and oxygen atoms in total. The molecule has 0 spiro atoms. The van der Waals surface area contributed by atoms with Crippen LogP contribution in [0, 0.1) is 0 Å². The molecule has 3 N–H and O–H groups in total. The molecule has 0 radical (unpaired) electrons. The van der Waals surface area contributed by atoms with Gasteiger partial charge in [-0.2, -0.15) is 0 Å². The van der Waals surface area contributed by atoms with Gasteiger partial charge in [-0.25, -0.2) is 4.79 Å². The number of anilines is 1. The Morgan fingerprint density at radius 2 is 1.80 bits per heavy atom. The molecule has 0 aromatic heterocycles. The number of hydrogen-bond acceptors (Lipinski definition) is 2. The van der Waals surface area contributed by atoms with Crippen molar-refractivity contribution in [2.45, 2.75) is 44.7 Å². The van der Waals surface area contributed by atoms with E-state index in [2.05, 4.69) is 16.0 Å². The SMILES string of the molecule is C[C@H](NC(=O)Nc1ccccc1)C(=O)NC1CCCC1. The predicted octanol–water partition coefficient (Wildman–Crippen LogP) is 2.26. The van der Waals surface area contributed by atoms with E-state index in [1.807, 2.05) is 18.2 Å². The van der Waals surface area contributed by atoms with Crippen LogP contribution in [0.2, 0.25) is 0 Å². The summed E-state index contributed by atoms with van der Waals surface area (Å²) in [6.07, 6.45) is 4.41. The fourth-order valence-electron chi connectivity index (χ4n) is 2.35. The first kappa shape index (κ1) is 14.4. The van der Waals surface area contributed by atoms with Gasteiger partial charge in [0.25, 0.3) is 0 Å². The third kappa shape index (κ3) is 4.26. The Morgan fingerprint density at radius 3 is 2.45 bits per heavy atom. The minimum atomic E-state index is -0.542. The maximum atomic E-state index is 11.9. The third-order valence-corrected chi connectivity index (χ3v) is 3.47. The number of carbonyl (C=O) groups excluding carboxylic acids is 2. The fourth-order valence-corrected chi connectivity index (χ4v) is 2.35. The van der Waals surface area contributed by atoms with Crippen LogP contribution in [-0.4, -0.2) is 24.0 Å². The van der Waals surface area contributed by atoms with E-state index < -0.39 is 6.04 Å². The number of amides is 3. The molecule has 1 aromatic carbocycles. The molecule has 1 aromatic rings. The van der Waals surface area contributed by atoms with Crippen molar-refractivity contribution in [3.05, 3.63) is 30.3 Å². The molecule has 2 rings (SSSR count). The van der Waals surface area contributed by atoms with Gasteiger partial charge in [-0.15, -0.1) is 0 Å². The maximum absolute atomic E-state index is 11.9. The average Bonchev–Trinajstić information content (AvgIpc) is 2.92. The molecule has 3 amide bonds. The highest BCUT2D eigenvalue weighted by atomic mass is 16.2. The lowest BCUT2D eigenvalue weighted by molar-refractivity contribution is -0.123. The molecule has 0 heterocycles. The van der Waals surface area contributed by atoms with Crippen LogP contribution in [0.25, 0.3) is 0 Å². The summed E-state index contributed by atoms with van der Waals surface area (Å²) in [6.45, 7) is 1.69. The number of hydrogen-bond donors (Lipinski definition) is 3. The van der Waals surface area contributed by atoms with Crippen molar-refractivity contribution in [1.82, 2.24) is 10.6 Å². The molecule has 1 saturated carbocycles. The molecule has 1 fully saturated rings. The van der Waals surface area contributed by atoms with Gasteiger partial charge in [-0.1, -0.05) is 31.0 Å². The zero-order valence-corrected chi connectivity index (χ0v) is 11.7. The molecule has 1 atom stereocenters. The number of urea groups is 1. The Bertz CT molecular complexity index is 455. The quantitative estimate of drug-likeness (QED) is 0.788. The van der Waals surface area contributed by atoms with E-state index in [0.29, 0.717) is 5.69 Å². The largest absolute Gasteiger partial charge is 0.352 e. The molecule has 0 unspecified atom stereocenters. The van der Waals surface area contributed by atoms with Crippen LogP contribution in [0.4, 0.5) is 10.5 Å². The zero-order chi connectivity index (χ0) is 14.4. The zero-order valence-electron chi connectivity index (χ0n) is 11.7. The number of benzene rings is 1. The summed E-state index contributed by atoms with van der Waals surface area (Å²) in [5.74, 6) is -0.125. The summed E-state index contributed by atoms with van der Waals surface area (Å²) >= 11 is 0. The van der Waals surface area contributed by atoms with Gasteiger partial charge in [0.2, 0.25) is 5.91 Å². The first-order valence-corrected chi connectivity index (χ1v) is 7.08. The molecule has 1 aliphatic carbocycles. The second-order valence-corrected chi connectivity index (χ2v) is 5.18. The molecular weight excluding hydrogens is 254 g/mol. The lowest BCUT2D eigenvalue weighted by atomic mass is 10.2. The smallest absolute Gasteiger partial charge is 0.319 e. The van der Waals surface area contributed by atoms with Gasteiger partial charge in [0.05, 0.1) is 0 Å². The molecule has 20 heavy (non-hydrogen) atoms. The van der Waals surface area contributed by atoms with Crippen molar-refractivity contribution in [1.29, 1.82) is 0 Å². The van der Waals surface area contributed by atoms with Gasteiger partial charge in [0.15, 0.2) is 0 Å². The predicted molar refractivity (Wildman–Crippen MR) is 78.5 cm³/mol. The van der Waals surface area contributed by atoms with E-state index in [0.717, 1.165) is 12.8 Å². The fraction of sp³-hybridized carbons (Fsp3) is 0.467. The lowest BCUT2D eigenvalue weighted by Gasteiger charge is -2.18. The molecule has 108 valence electrons. The second kappa shape index (κ2) is 6.93. The topological polar surface area (TPSA) is 70.2 Å². The van der Waals surface area contributed by atoms with E-state index in [1.165, 1.54) is 12.8 Å². The van der Waals surface area contributed by atoms with Crippen molar-refractivity contribution >= 4 is 17.6 Å². The van der Waals surface area contributed by atoms with Gasteiger partial charge < -0.3 is 16.0 Å². The Balaban J connectivity index is 1.76. The van der Waals surface area contributed by atoms with E-state index >= 15 is 0 Å². The van der Waals surface area contributed by atoms with Crippen molar-refractivity contribution in [3.8, 4) is 0 Å². The molecule has 5 heteroatoms. The summed E-state index contributed by atoms with van der Waals surface area (Å²) < 4.78 is 0. The summed E-state index contributed by atoms with van der Waals surface area (Å²) in [6, 6.07) is 8.50. The van der Waals surface area contributed by atoms with Crippen LogP contribution in [0.15, 0.2) is 30.3 Å². The number of rotatable bonds is 4. The average molecular weight is 275 g/mol. The molecule has 0 bridgehead atoms. The molecule has 0 saturated heterocycles. The van der Waals surface area contributed by atoms with E-state index in [-0.39, 0.29) is 18.0 Å². The minimum Gasteiger partial charge on any atom is -0.352 e. The monoisotopic (exact) mass is 275 g/mol. The van der Waals surface area contributed by atoms with Gasteiger partial charge in [0, 0.05) is 11.7 Å². The van der Waals surface area contributed by atoms with Crippen LogP contribution < -0.4 is 16.0 Å². The Kier molecular flexibility index (Phi) is 4.98. The first-order valence-electron chi connectivity index (χ1n) is 7.08. The standard InChI is InChI=1S/C15H21N3O2/c1-11(14(19)17-12-9-5-6-10-12)16-15(20)18-13-7-3-2-4-8-13/h2-4,7-8,11-12H,5-6,9-10H2,1H3,(H,17,19)(H2,16,18,20)/t11-/m0/s1. The maximum Gasteiger partial charge on any atom is 0.319 e. The summed E-state index contributed by atoms with van der Waals surface area (Å²) in [4.78, 5) is 23.7. The van der Waals surface area contributed by atoms with E-state index in [9.17, 15) is 9.59 Å². The van der Waals surface area contributed by atoms with Crippen molar-refractivity contribution in [2.24, 2.45) is 0 Å². The van der Waals surface area contributed by atoms with Crippen LogP contribution in [0.5, 0.6) is 0 Å². The highest BCUT2D eigenvalue weighted by molar-refractivity contribution is 5.93. The van der Waals surface area contributed by atoms with Crippen molar-refractivity contribution in [3.63, 3.8) is 0 Å². The summed E-state index contributed by atoms with van der Waals surface area (Å²) in [5.41, 5.74) is 0.702. The lowest BCUT2D eigenvalue weighted by Crippen LogP contribution is -2.48.